The van der Waals surface area contributed by atoms with Crippen LogP contribution in [0.4, 0.5) is 0 Å². The molecule has 0 radical (unpaired) electrons. The van der Waals surface area contributed by atoms with Crippen molar-refractivity contribution in [2.24, 2.45) is 5.73 Å². The van der Waals surface area contributed by atoms with Gasteiger partial charge >= 0.3 is 0 Å². The van der Waals surface area contributed by atoms with Gasteiger partial charge in [0.15, 0.2) is 0 Å². The average molecular weight is 263 g/mol. The van der Waals surface area contributed by atoms with E-state index < -0.39 is 0 Å². The summed E-state index contributed by atoms with van der Waals surface area (Å²) in [7, 11) is 0. The number of carbonyl (C=O) groups excluding carboxylic acids is 1. The molecule has 2 rings (SSSR count). The Balaban J connectivity index is 2.03. The number of nitrogens with zero attached hydrogens (tertiary/aromatic N) is 1. The van der Waals surface area contributed by atoms with Gasteiger partial charge in [-0.2, -0.15) is 0 Å². The first-order valence-corrected chi connectivity index (χ1v) is 6.64. The number of morpholine rings is 1. The largest absolute Gasteiger partial charge is 0.379 e. The standard InChI is InChI=1S/C14H21N3O2/c15-10-14(18)16-13(12-4-2-1-3-5-12)11-17-6-8-19-9-7-17/h1-5,13H,6-11,15H2,(H,16,18). The summed E-state index contributed by atoms with van der Waals surface area (Å²) in [5, 5.41) is 2.98. The Labute approximate surface area is 113 Å². The molecule has 1 aliphatic heterocycles. The molecule has 19 heavy (non-hydrogen) atoms. The highest BCUT2D eigenvalue weighted by Crippen LogP contribution is 2.15. The Morgan fingerprint density at radius 1 is 1.32 bits per heavy atom. The lowest BCUT2D eigenvalue weighted by molar-refractivity contribution is -0.120. The van der Waals surface area contributed by atoms with E-state index in [4.69, 9.17) is 10.5 Å². The fraction of sp³-hybridized carbons (Fsp3) is 0.500. The molecular weight excluding hydrogens is 242 g/mol. The van der Waals surface area contributed by atoms with Gasteiger partial charge in [-0.1, -0.05) is 30.3 Å². The molecule has 0 aromatic heterocycles. The highest BCUT2D eigenvalue weighted by atomic mass is 16.5. The van der Waals surface area contributed by atoms with E-state index in [1.54, 1.807) is 0 Å². The Kier molecular flexibility index (Phi) is 5.32. The quantitative estimate of drug-likeness (QED) is 0.792. The van der Waals surface area contributed by atoms with Crippen molar-refractivity contribution in [1.29, 1.82) is 0 Å². The minimum Gasteiger partial charge on any atom is -0.379 e. The summed E-state index contributed by atoms with van der Waals surface area (Å²) in [6, 6.07) is 9.98. The lowest BCUT2D eigenvalue weighted by atomic mass is 10.1. The highest BCUT2D eigenvalue weighted by Gasteiger charge is 2.19. The van der Waals surface area contributed by atoms with Crippen molar-refractivity contribution in [3.8, 4) is 0 Å². The minimum atomic E-state index is -0.123. The van der Waals surface area contributed by atoms with Crippen molar-refractivity contribution in [2.45, 2.75) is 6.04 Å². The number of ether oxygens (including phenoxy) is 1. The van der Waals surface area contributed by atoms with Crippen molar-refractivity contribution < 1.29 is 9.53 Å². The number of nitrogens with one attached hydrogen (secondary N) is 1. The summed E-state index contributed by atoms with van der Waals surface area (Å²) < 4.78 is 5.34. The van der Waals surface area contributed by atoms with E-state index in [0.29, 0.717) is 0 Å². The number of nitrogens with two attached hydrogens (primary N) is 1. The van der Waals surface area contributed by atoms with Crippen LogP contribution < -0.4 is 11.1 Å². The van der Waals surface area contributed by atoms with E-state index in [-0.39, 0.29) is 18.5 Å². The third-order valence-electron chi connectivity index (χ3n) is 3.27. The molecule has 5 heteroatoms. The van der Waals surface area contributed by atoms with E-state index in [2.05, 4.69) is 10.2 Å². The van der Waals surface area contributed by atoms with Gasteiger partial charge in [0.25, 0.3) is 0 Å². The average Bonchev–Trinajstić information content (AvgIpc) is 2.48. The zero-order valence-corrected chi connectivity index (χ0v) is 11.0. The second-order valence-electron chi connectivity index (χ2n) is 4.65. The normalized spacial score (nSPS) is 17.9. The number of hydrogen-bond acceptors (Lipinski definition) is 4. The van der Waals surface area contributed by atoms with Crippen LogP contribution in [0.2, 0.25) is 0 Å². The fourth-order valence-corrected chi connectivity index (χ4v) is 2.21. The van der Waals surface area contributed by atoms with E-state index >= 15 is 0 Å². The molecule has 0 bridgehead atoms. The summed E-state index contributed by atoms with van der Waals surface area (Å²) in [6.07, 6.45) is 0. The first-order valence-electron chi connectivity index (χ1n) is 6.64. The van der Waals surface area contributed by atoms with Gasteiger partial charge in [-0.3, -0.25) is 9.69 Å². The van der Waals surface area contributed by atoms with Gasteiger partial charge in [-0.05, 0) is 5.56 Å². The molecule has 1 aromatic rings. The molecule has 0 spiro atoms. The zero-order valence-electron chi connectivity index (χ0n) is 11.0. The van der Waals surface area contributed by atoms with Crippen molar-refractivity contribution in [2.75, 3.05) is 39.4 Å². The summed E-state index contributed by atoms with van der Waals surface area (Å²) in [5.74, 6) is -0.123. The Hall–Kier alpha value is -1.43. The van der Waals surface area contributed by atoms with Crippen molar-refractivity contribution in [3.05, 3.63) is 35.9 Å². The lowest BCUT2D eigenvalue weighted by Gasteiger charge is -2.31. The molecule has 1 aromatic carbocycles. The number of amides is 1. The van der Waals surface area contributed by atoms with Crippen LogP contribution in [-0.2, 0) is 9.53 Å². The molecule has 1 fully saturated rings. The molecule has 1 atom stereocenters. The molecule has 5 nitrogen and oxygen atoms in total. The summed E-state index contributed by atoms with van der Waals surface area (Å²) in [4.78, 5) is 13.9. The van der Waals surface area contributed by atoms with Gasteiger partial charge in [0, 0.05) is 19.6 Å². The second kappa shape index (κ2) is 7.23. The van der Waals surface area contributed by atoms with E-state index in [9.17, 15) is 4.79 Å². The van der Waals surface area contributed by atoms with Gasteiger partial charge in [-0.15, -0.1) is 0 Å². The fourth-order valence-electron chi connectivity index (χ4n) is 2.21. The van der Waals surface area contributed by atoms with Crippen LogP contribution in [0.1, 0.15) is 11.6 Å². The van der Waals surface area contributed by atoms with Crippen LogP contribution >= 0.6 is 0 Å². The Bertz CT molecular complexity index is 391. The topological polar surface area (TPSA) is 67.6 Å². The van der Waals surface area contributed by atoms with Crippen LogP contribution in [0.25, 0.3) is 0 Å². The van der Waals surface area contributed by atoms with Crippen LogP contribution in [0, 0.1) is 0 Å². The molecule has 1 saturated heterocycles. The molecule has 0 aliphatic carbocycles. The maximum absolute atomic E-state index is 11.6. The number of rotatable bonds is 5. The van der Waals surface area contributed by atoms with Crippen LogP contribution in [-0.4, -0.2) is 50.2 Å². The molecule has 1 amide bonds. The van der Waals surface area contributed by atoms with E-state index in [0.717, 1.165) is 38.4 Å². The monoisotopic (exact) mass is 263 g/mol. The van der Waals surface area contributed by atoms with Gasteiger partial charge in [0.05, 0.1) is 25.8 Å². The third kappa shape index (κ3) is 4.31. The third-order valence-corrected chi connectivity index (χ3v) is 3.27. The lowest BCUT2D eigenvalue weighted by Crippen LogP contribution is -2.44. The van der Waals surface area contributed by atoms with Gasteiger partial charge in [0.1, 0.15) is 0 Å². The summed E-state index contributed by atoms with van der Waals surface area (Å²) in [5.41, 5.74) is 6.49. The maximum Gasteiger partial charge on any atom is 0.234 e. The molecule has 1 aliphatic rings. The Morgan fingerprint density at radius 2 is 2.00 bits per heavy atom. The van der Waals surface area contributed by atoms with Crippen molar-refractivity contribution >= 4 is 5.91 Å². The van der Waals surface area contributed by atoms with Crippen LogP contribution in [0.15, 0.2) is 30.3 Å². The van der Waals surface area contributed by atoms with Gasteiger partial charge in [-0.25, -0.2) is 0 Å². The number of benzene rings is 1. The number of hydrogen-bond donors (Lipinski definition) is 2. The molecule has 1 heterocycles. The second-order valence-corrected chi connectivity index (χ2v) is 4.65. The predicted molar refractivity (Wildman–Crippen MR) is 73.6 cm³/mol. The zero-order chi connectivity index (χ0) is 13.5. The Morgan fingerprint density at radius 3 is 2.63 bits per heavy atom. The SMILES string of the molecule is NCC(=O)NC(CN1CCOCC1)c1ccccc1. The van der Waals surface area contributed by atoms with Crippen LogP contribution in [0.3, 0.4) is 0 Å². The number of carbonyl (C=O) groups is 1. The van der Waals surface area contributed by atoms with Crippen molar-refractivity contribution in [1.82, 2.24) is 10.2 Å². The summed E-state index contributed by atoms with van der Waals surface area (Å²) in [6.45, 7) is 4.13. The highest BCUT2D eigenvalue weighted by molar-refractivity contribution is 5.78. The maximum atomic E-state index is 11.6. The molecule has 0 saturated carbocycles. The van der Waals surface area contributed by atoms with E-state index in [1.807, 2.05) is 30.3 Å². The molecule has 104 valence electrons. The van der Waals surface area contributed by atoms with Gasteiger partial charge in [0.2, 0.25) is 5.91 Å². The summed E-state index contributed by atoms with van der Waals surface area (Å²) >= 11 is 0. The first-order chi connectivity index (χ1) is 9.29. The molecular formula is C14H21N3O2. The first kappa shape index (κ1) is 14.0. The minimum absolute atomic E-state index is 0.0182. The molecule has 1 unspecified atom stereocenters. The molecule has 3 N–H and O–H groups in total. The predicted octanol–water partition coefficient (Wildman–Crippen LogP) is 0.135. The van der Waals surface area contributed by atoms with Crippen molar-refractivity contribution in [3.63, 3.8) is 0 Å². The van der Waals surface area contributed by atoms with Gasteiger partial charge < -0.3 is 15.8 Å². The smallest absolute Gasteiger partial charge is 0.234 e. The van der Waals surface area contributed by atoms with E-state index in [1.165, 1.54) is 0 Å². The van der Waals surface area contributed by atoms with Crippen LogP contribution in [0.5, 0.6) is 0 Å².